The smallest absolute Gasteiger partial charge is 0.195 e. The molecule has 1 fully saturated rings. The standard InChI is InChI=1S/C20H19BrN4S/c21-15-7-5-14(6-8-15)19-17(13-24-11-9-22-10-12-24)25-16-3-1-2-4-18(16)26-20(25)23-19/h1-8,22H,9-13H2. The van der Waals surface area contributed by atoms with Gasteiger partial charge in [-0.3, -0.25) is 9.30 Å². The number of halogens is 1. The zero-order chi connectivity index (χ0) is 17.5. The number of nitrogens with zero attached hydrogens (tertiary/aromatic N) is 3. The second-order valence-corrected chi connectivity index (χ2v) is 8.55. The number of fused-ring (bicyclic) bond motifs is 3. The van der Waals surface area contributed by atoms with E-state index >= 15 is 0 Å². The predicted octanol–water partition coefficient (Wildman–Crippen LogP) is 4.38. The number of nitrogens with one attached hydrogen (secondary N) is 1. The summed E-state index contributed by atoms with van der Waals surface area (Å²) in [6, 6.07) is 17.1. The minimum absolute atomic E-state index is 0.926. The van der Waals surface area contributed by atoms with E-state index in [1.807, 2.05) is 0 Å². The molecule has 0 radical (unpaired) electrons. The van der Waals surface area contributed by atoms with Crippen molar-refractivity contribution in [3.8, 4) is 11.3 Å². The Labute approximate surface area is 164 Å². The lowest BCUT2D eigenvalue weighted by Gasteiger charge is -2.27. The fourth-order valence-electron chi connectivity index (χ4n) is 3.64. The summed E-state index contributed by atoms with van der Waals surface area (Å²) in [4.78, 5) is 8.64. The van der Waals surface area contributed by atoms with E-state index in [9.17, 15) is 0 Å². The highest BCUT2D eigenvalue weighted by molar-refractivity contribution is 9.10. The van der Waals surface area contributed by atoms with E-state index in [2.05, 4.69) is 79.1 Å². The van der Waals surface area contributed by atoms with Crippen molar-refractivity contribution in [3.05, 3.63) is 58.7 Å². The van der Waals surface area contributed by atoms with Crippen molar-refractivity contribution >= 4 is 42.4 Å². The van der Waals surface area contributed by atoms with Crippen LogP contribution in [0.3, 0.4) is 0 Å². The van der Waals surface area contributed by atoms with Crippen LogP contribution in [-0.4, -0.2) is 40.5 Å². The van der Waals surface area contributed by atoms with Crippen molar-refractivity contribution in [3.63, 3.8) is 0 Å². The van der Waals surface area contributed by atoms with Crippen molar-refractivity contribution in [1.82, 2.24) is 19.6 Å². The zero-order valence-electron chi connectivity index (χ0n) is 14.3. The molecule has 0 spiro atoms. The lowest BCUT2D eigenvalue weighted by atomic mass is 10.1. The summed E-state index contributed by atoms with van der Waals surface area (Å²) in [7, 11) is 0. The number of thiazole rings is 1. The van der Waals surface area contributed by atoms with Crippen LogP contribution in [0.5, 0.6) is 0 Å². The summed E-state index contributed by atoms with van der Waals surface area (Å²) < 4.78 is 4.75. The van der Waals surface area contributed by atoms with Gasteiger partial charge in [-0.05, 0) is 24.3 Å². The number of imidazole rings is 1. The summed E-state index contributed by atoms with van der Waals surface area (Å²) in [6.45, 7) is 5.19. The van der Waals surface area contributed by atoms with Crippen molar-refractivity contribution in [2.24, 2.45) is 0 Å². The van der Waals surface area contributed by atoms with E-state index in [0.29, 0.717) is 0 Å². The van der Waals surface area contributed by atoms with E-state index in [1.54, 1.807) is 11.3 Å². The van der Waals surface area contributed by atoms with Crippen LogP contribution in [0.25, 0.3) is 26.4 Å². The number of hydrogen-bond donors (Lipinski definition) is 1. The Hall–Kier alpha value is -1.73. The molecule has 0 atom stereocenters. The Kier molecular flexibility index (Phi) is 4.29. The third-order valence-corrected chi connectivity index (χ3v) is 6.50. The molecule has 132 valence electrons. The van der Waals surface area contributed by atoms with Gasteiger partial charge >= 0.3 is 0 Å². The van der Waals surface area contributed by atoms with Crippen molar-refractivity contribution in [2.75, 3.05) is 26.2 Å². The Morgan fingerprint density at radius 2 is 1.81 bits per heavy atom. The van der Waals surface area contributed by atoms with Crippen LogP contribution in [0.1, 0.15) is 5.69 Å². The molecular formula is C20H19BrN4S. The van der Waals surface area contributed by atoms with Gasteiger partial charge in [0.15, 0.2) is 4.96 Å². The van der Waals surface area contributed by atoms with E-state index in [0.717, 1.165) is 47.9 Å². The van der Waals surface area contributed by atoms with Crippen LogP contribution in [0.15, 0.2) is 53.0 Å². The molecule has 1 N–H and O–H groups in total. The molecule has 5 rings (SSSR count). The van der Waals surface area contributed by atoms with Crippen LogP contribution in [0, 0.1) is 0 Å². The summed E-state index contributed by atoms with van der Waals surface area (Å²) in [5, 5.41) is 3.44. The molecule has 4 nitrogen and oxygen atoms in total. The topological polar surface area (TPSA) is 32.6 Å². The molecule has 1 saturated heterocycles. The molecule has 6 heteroatoms. The number of aromatic nitrogens is 2. The summed E-state index contributed by atoms with van der Waals surface area (Å²) in [5.74, 6) is 0. The highest BCUT2D eigenvalue weighted by Gasteiger charge is 2.21. The van der Waals surface area contributed by atoms with Gasteiger partial charge in [-0.25, -0.2) is 4.98 Å². The molecule has 0 aliphatic carbocycles. The number of para-hydroxylation sites is 1. The van der Waals surface area contributed by atoms with Crippen LogP contribution in [0.2, 0.25) is 0 Å². The Morgan fingerprint density at radius 3 is 2.62 bits per heavy atom. The molecule has 2 aromatic heterocycles. The maximum absolute atomic E-state index is 5.04. The van der Waals surface area contributed by atoms with Gasteiger partial charge in [-0.15, -0.1) is 0 Å². The van der Waals surface area contributed by atoms with E-state index < -0.39 is 0 Å². The average Bonchev–Trinajstić information content (AvgIpc) is 3.20. The first-order chi connectivity index (χ1) is 12.8. The lowest BCUT2D eigenvalue weighted by molar-refractivity contribution is 0.231. The maximum Gasteiger partial charge on any atom is 0.195 e. The van der Waals surface area contributed by atoms with Gasteiger partial charge in [-0.2, -0.15) is 0 Å². The highest BCUT2D eigenvalue weighted by atomic mass is 79.9. The average molecular weight is 427 g/mol. The molecule has 1 aliphatic heterocycles. The molecule has 0 bridgehead atoms. The number of rotatable bonds is 3. The third-order valence-electron chi connectivity index (χ3n) is 4.95. The number of hydrogen-bond acceptors (Lipinski definition) is 4. The monoisotopic (exact) mass is 426 g/mol. The maximum atomic E-state index is 5.04. The minimum Gasteiger partial charge on any atom is -0.314 e. The van der Waals surface area contributed by atoms with Crippen molar-refractivity contribution in [2.45, 2.75) is 6.54 Å². The molecule has 0 amide bonds. The van der Waals surface area contributed by atoms with Gasteiger partial charge in [0.1, 0.15) is 0 Å². The molecule has 0 saturated carbocycles. The first-order valence-corrected chi connectivity index (χ1v) is 10.5. The Balaban J connectivity index is 1.70. The molecule has 4 aromatic rings. The van der Waals surface area contributed by atoms with Crippen molar-refractivity contribution in [1.29, 1.82) is 0 Å². The molecule has 2 aromatic carbocycles. The fraction of sp³-hybridized carbons (Fsp3) is 0.250. The van der Waals surface area contributed by atoms with Gasteiger partial charge in [-0.1, -0.05) is 51.5 Å². The number of piperazine rings is 1. The molecular weight excluding hydrogens is 408 g/mol. The summed E-state index contributed by atoms with van der Waals surface area (Å²) in [6.07, 6.45) is 0. The quantitative estimate of drug-likeness (QED) is 0.527. The van der Waals surface area contributed by atoms with Crippen LogP contribution in [-0.2, 0) is 6.54 Å². The summed E-state index contributed by atoms with van der Waals surface area (Å²) in [5.41, 5.74) is 4.83. The van der Waals surface area contributed by atoms with Crippen LogP contribution in [0.4, 0.5) is 0 Å². The van der Waals surface area contributed by atoms with Crippen LogP contribution >= 0.6 is 27.3 Å². The van der Waals surface area contributed by atoms with Crippen LogP contribution < -0.4 is 5.32 Å². The third kappa shape index (κ3) is 2.87. The lowest BCUT2D eigenvalue weighted by Crippen LogP contribution is -2.43. The fourth-order valence-corrected chi connectivity index (χ4v) is 4.95. The largest absolute Gasteiger partial charge is 0.314 e. The summed E-state index contributed by atoms with van der Waals surface area (Å²) >= 11 is 5.31. The Morgan fingerprint density at radius 1 is 1.04 bits per heavy atom. The van der Waals surface area contributed by atoms with E-state index in [-0.39, 0.29) is 0 Å². The van der Waals surface area contributed by atoms with Crippen molar-refractivity contribution < 1.29 is 0 Å². The van der Waals surface area contributed by atoms with E-state index in [4.69, 9.17) is 4.98 Å². The normalized spacial score (nSPS) is 15.9. The van der Waals surface area contributed by atoms with E-state index in [1.165, 1.54) is 21.5 Å². The van der Waals surface area contributed by atoms with Gasteiger partial charge in [0.05, 0.1) is 21.6 Å². The highest BCUT2D eigenvalue weighted by Crippen LogP contribution is 2.34. The van der Waals surface area contributed by atoms with Gasteiger partial charge in [0, 0.05) is 42.8 Å². The Bertz CT molecular complexity index is 1060. The first-order valence-electron chi connectivity index (χ1n) is 8.87. The second kappa shape index (κ2) is 6.78. The molecule has 0 unspecified atom stereocenters. The molecule has 26 heavy (non-hydrogen) atoms. The number of benzene rings is 2. The first kappa shape index (κ1) is 16.4. The van der Waals surface area contributed by atoms with Gasteiger partial charge in [0.25, 0.3) is 0 Å². The molecule has 3 heterocycles. The predicted molar refractivity (Wildman–Crippen MR) is 112 cm³/mol. The SMILES string of the molecule is Brc1ccc(-c2nc3sc4ccccc4n3c2CN2CCNCC2)cc1. The van der Waals surface area contributed by atoms with Gasteiger partial charge < -0.3 is 5.32 Å². The zero-order valence-corrected chi connectivity index (χ0v) is 16.7. The molecule has 1 aliphatic rings. The minimum atomic E-state index is 0.926. The van der Waals surface area contributed by atoms with Gasteiger partial charge in [0.2, 0.25) is 0 Å². The second-order valence-electron chi connectivity index (χ2n) is 6.63.